The Bertz CT molecular complexity index is 1630. The van der Waals surface area contributed by atoms with Crippen LogP contribution in [-0.2, 0) is 16.6 Å². The number of anilines is 3. The van der Waals surface area contributed by atoms with Crippen LogP contribution in [0.25, 0.3) is 11.3 Å². The zero-order valence-corrected chi connectivity index (χ0v) is 25.3. The van der Waals surface area contributed by atoms with E-state index < -0.39 is 17.0 Å². The minimum atomic E-state index is -2.08. The minimum Gasteiger partial charge on any atom is -0.494 e. The Labute approximate surface area is 263 Å². The lowest BCUT2D eigenvalue weighted by Gasteiger charge is -2.35. The van der Waals surface area contributed by atoms with E-state index in [2.05, 4.69) is 31.2 Å². The lowest BCUT2D eigenvalue weighted by molar-refractivity contribution is -0.117. The highest BCUT2D eigenvalue weighted by atomic mass is 19.1. The van der Waals surface area contributed by atoms with Crippen molar-refractivity contribution in [2.75, 3.05) is 30.8 Å². The van der Waals surface area contributed by atoms with Crippen LogP contribution in [0.1, 0.15) is 47.7 Å². The van der Waals surface area contributed by atoms with Gasteiger partial charge < -0.3 is 30.3 Å². The fourth-order valence-corrected chi connectivity index (χ4v) is 5.09. The van der Waals surface area contributed by atoms with E-state index in [-0.39, 0.29) is 75.5 Å². The van der Waals surface area contributed by atoms with Gasteiger partial charge in [0.15, 0.2) is 17.3 Å². The molecule has 3 aromatic rings. The number of ether oxygens (including phenoxy) is 2. The maximum absolute atomic E-state index is 15.2. The average Bonchev–Trinajstić information content (AvgIpc) is 3.73. The number of aromatic nitrogens is 4. The number of nitrogens with one attached hydrogen (secondary N) is 3. The molecule has 13 nitrogen and oxygen atoms in total. The number of carbonyl (C=O) groups is 3. The van der Waals surface area contributed by atoms with Gasteiger partial charge in [-0.15, -0.1) is 10.2 Å². The molecule has 6 radical (unpaired) electrons. The Hall–Kier alpha value is -4.40. The lowest BCUT2D eigenvalue weighted by Crippen LogP contribution is -2.50. The minimum absolute atomic E-state index is 0.000131. The molecule has 1 saturated carbocycles. The molecule has 45 heavy (non-hydrogen) atoms. The van der Waals surface area contributed by atoms with Crippen LogP contribution in [0, 0.1) is 11.7 Å². The molecular formula is C28H30B3FN8O5. The number of aryl methyl sites for hydroxylation is 1. The second-order valence-electron chi connectivity index (χ2n) is 11.3. The highest BCUT2D eigenvalue weighted by molar-refractivity contribution is 6.60. The molecule has 0 spiro atoms. The third-order valence-electron chi connectivity index (χ3n) is 7.15. The first-order valence-corrected chi connectivity index (χ1v) is 14.2. The maximum Gasteiger partial charge on any atom is 0.272 e. The molecule has 3 N–H and O–H groups in total. The quantitative estimate of drug-likeness (QED) is 0.304. The third-order valence-corrected chi connectivity index (χ3v) is 7.15. The molecule has 1 aromatic carbocycles. The van der Waals surface area contributed by atoms with Gasteiger partial charge in [0.2, 0.25) is 5.91 Å². The Morgan fingerprint density at radius 3 is 2.36 bits per heavy atom. The highest BCUT2D eigenvalue weighted by Gasteiger charge is 2.31. The van der Waals surface area contributed by atoms with Crippen molar-refractivity contribution in [1.29, 1.82) is 0 Å². The highest BCUT2D eigenvalue weighted by Crippen LogP contribution is 2.39. The number of benzene rings is 1. The van der Waals surface area contributed by atoms with E-state index in [4.69, 9.17) is 33.0 Å². The number of halogens is 1. The smallest absolute Gasteiger partial charge is 0.272 e. The van der Waals surface area contributed by atoms with Crippen LogP contribution >= 0.6 is 0 Å². The van der Waals surface area contributed by atoms with Crippen LogP contribution in [0.4, 0.5) is 21.6 Å². The van der Waals surface area contributed by atoms with Crippen LogP contribution in [0.2, 0.25) is 0 Å². The van der Waals surface area contributed by atoms with Gasteiger partial charge in [-0.2, -0.15) is 5.10 Å². The van der Waals surface area contributed by atoms with Crippen molar-refractivity contribution in [3.05, 3.63) is 41.5 Å². The Morgan fingerprint density at radius 1 is 1.04 bits per heavy atom. The summed E-state index contributed by atoms with van der Waals surface area (Å²) in [5.74, 6) is -2.02. The summed E-state index contributed by atoms with van der Waals surface area (Å²) in [5.41, 5.74) is 0.533. The van der Waals surface area contributed by atoms with Crippen molar-refractivity contribution in [3.8, 4) is 17.0 Å². The fraction of sp³-hybridized carbons (Fsp3) is 0.429. The average molecular weight is 610 g/mol. The van der Waals surface area contributed by atoms with Crippen molar-refractivity contribution in [1.82, 2.24) is 30.2 Å². The van der Waals surface area contributed by atoms with Crippen molar-refractivity contribution in [2.24, 2.45) is 13.0 Å². The Morgan fingerprint density at radius 2 is 1.73 bits per heavy atom. The van der Waals surface area contributed by atoms with E-state index in [1.165, 1.54) is 23.9 Å². The summed E-state index contributed by atoms with van der Waals surface area (Å²) < 4.78 is 28.0. The predicted octanol–water partition coefficient (Wildman–Crippen LogP) is 1.21. The first-order chi connectivity index (χ1) is 21.2. The molecule has 1 aliphatic carbocycles. The second-order valence-corrected chi connectivity index (χ2v) is 11.3. The van der Waals surface area contributed by atoms with Crippen molar-refractivity contribution in [2.45, 2.75) is 44.1 Å². The predicted molar refractivity (Wildman–Crippen MR) is 165 cm³/mol. The lowest BCUT2D eigenvalue weighted by atomic mass is 9.49. The molecule has 5 rings (SSSR count). The summed E-state index contributed by atoms with van der Waals surface area (Å²) in [4.78, 5) is 40.4. The van der Waals surface area contributed by atoms with Gasteiger partial charge in [-0.1, -0.05) is 5.24 Å². The van der Waals surface area contributed by atoms with Gasteiger partial charge >= 0.3 is 0 Å². The van der Waals surface area contributed by atoms with Gasteiger partial charge in [0.25, 0.3) is 11.8 Å². The van der Waals surface area contributed by atoms with Crippen molar-refractivity contribution in [3.63, 3.8) is 0 Å². The molecule has 1 saturated heterocycles. The summed E-state index contributed by atoms with van der Waals surface area (Å²) in [6, 6.07) is 5.25. The van der Waals surface area contributed by atoms with Crippen LogP contribution in [0.15, 0.2) is 24.3 Å². The van der Waals surface area contributed by atoms with E-state index in [0.29, 0.717) is 13.1 Å². The number of methoxy groups -OCH3 is 1. The number of carbonyl (C=O) groups excluding carboxylic acids is 3. The van der Waals surface area contributed by atoms with E-state index >= 15 is 4.39 Å². The molecule has 3 amide bonds. The van der Waals surface area contributed by atoms with Crippen LogP contribution in [0.5, 0.6) is 5.75 Å². The normalized spacial score (nSPS) is 18.3. The number of morpholine rings is 1. The van der Waals surface area contributed by atoms with Crippen molar-refractivity contribution < 1.29 is 28.2 Å². The van der Waals surface area contributed by atoms with Gasteiger partial charge in [0.1, 0.15) is 11.5 Å². The standard InChI is InChI=1S/C28H30B3FN8O5/c1-13-11-40(12-14(2)45-13)27(43)21-9-18(38-39(21)3)17-7-16(32)8-20(24(17)44-4)33-19-10-22(34-25(41)15-5-6-15)36-37-23(19)26(42)35-28(29,30)31/h7-10,13-15H,5-6,11-12H2,1-4H3,(H,35,42)(H2,33,34,36,41)/t13-,14+. The van der Waals surface area contributed by atoms with E-state index in [1.807, 2.05) is 13.8 Å². The Kier molecular flexibility index (Phi) is 8.92. The molecule has 1 aliphatic heterocycles. The molecule has 2 aliphatic rings. The third kappa shape index (κ3) is 7.47. The largest absolute Gasteiger partial charge is 0.494 e. The Balaban J connectivity index is 1.51. The number of nitrogens with zero attached hydrogens (tertiary/aromatic N) is 5. The molecule has 2 fully saturated rings. The van der Waals surface area contributed by atoms with Gasteiger partial charge in [0.05, 0.1) is 59.9 Å². The summed E-state index contributed by atoms with van der Waals surface area (Å²) in [5, 5.41) is 18.0. The molecule has 0 unspecified atom stereocenters. The van der Waals surface area contributed by atoms with Gasteiger partial charge in [0, 0.05) is 43.8 Å². The molecule has 17 heteroatoms. The number of rotatable bonds is 9. The van der Waals surface area contributed by atoms with Gasteiger partial charge in [-0.25, -0.2) is 4.39 Å². The van der Waals surface area contributed by atoms with Gasteiger partial charge in [-0.3, -0.25) is 19.1 Å². The molecule has 2 atom stereocenters. The zero-order chi connectivity index (χ0) is 32.6. The van der Waals surface area contributed by atoms with Crippen LogP contribution in [0.3, 0.4) is 0 Å². The van der Waals surface area contributed by atoms with E-state index in [1.54, 1.807) is 18.0 Å². The van der Waals surface area contributed by atoms with Crippen LogP contribution < -0.4 is 20.7 Å². The number of amides is 3. The summed E-state index contributed by atoms with van der Waals surface area (Å²) >= 11 is 0. The summed E-state index contributed by atoms with van der Waals surface area (Å²) in [6.07, 6.45) is 1.25. The second kappa shape index (κ2) is 12.5. The topological polar surface area (TPSA) is 153 Å². The zero-order valence-electron chi connectivity index (χ0n) is 25.3. The van der Waals surface area contributed by atoms with E-state index in [9.17, 15) is 14.4 Å². The molecule has 2 aromatic heterocycles. The monoisotopic (exact) mass is 610 g/mol. The van der Waals surface area contributed by atoms with Crippen LogP contribution in [-0.4, -0.2) is 104 Å². The SMILES string of the molecule is [B]C([B])([B])NC(=O)c1nnc(NC(=O)C2CC2)cc1Nc1cc(F)cc(-c2cc(C(=O)N3C[C@@H](C)O[C@@H](C)C3)n(C)n2)c1OC. The molecule has 0 bridgehead atoms. The van der Waals surface area contributed by atoms with Gasteiger partial charge in [-0.05, 0) is 38.8 Å². The maximum atomic E-state index is 15.2. The first kappa shape index (κ1) is 32.0. The summed E-state index contributed by atoms with van der Waals surface area (Å²) in [6.45, 7) is 4.62. The number of hydrogen-bond donors (Lipinski definition) is 3. The van der Waals surface area contributed by atoms with Crippen molar-refractivity contribution >= 4 is 58.5 Å². The molecule has 228 valence electrons. The molecular weight excluding hydrogens is 580 g/mol. The fourth-order valence-electron chi connectivity index (χ4n) is 5.09. The van der Waals surface area contributed by atoms with E-state index in [0.717, 1.165) is 18.9 Å². The first-order valence-electron chi connectivity index (χ1n) is 14.2. The molecule has 3 heterocycles. The number of hydrogen-bond acceptors (Lipinski definition) is 9. The summed E-state index contributed by atoms with van der Waals surface area (Å²) in [7, 11) is 19.6.